The molecule has 0 unspecified atom stereocenters. The Morgan fingerprint density at radius 1 is 0.516 bits per heavy atom. The van der Waals surface area contributed by atoms with Crippen LogP contribution in [0.15, 0.2) is 133 Å². The molecule has 0 saturated carbocycles. The summed E-state index contributed by atoms with van der Waals surface area (Å²) in [5, 5.41) is 34.7. The van der Waals surface area contributed by atoms with Gasteiger partial charge >= 0.3 is 42.6 Å². The third kappa shape index (κ3) is 23.6. The predicted octanol–water partition coefficient (Wildman–Crippen LogP) is 3.05. The van der Waals surface area contributed by atoms with E-state index in [2.05, 4.69) is 24.9 Å². The molecule has 95 heavy (non-hydrogen) atoms. The number of benzene rings is 6. The molecule has 10 rings (SSSR count). The number of quaternary nitrogens is 1. The van der Waals surface area contributed by atoms with Crippen molar-refractivity contribution < 1.29 is 116 Å². The van der Waals surface area contributed by atoms with E-state index in [0.717, 1.165) is 114 Å². The molecular formula is C66H76ClF6LiN8O13. The van der Waals surface area contributed by atoms with Crippen LogP contribution >= 0.6 is 0 Å². The number of nitrogens with zero attached hydrogens (tertiary/aromatic N) is 7. The van der Waals surface area contributed by atoms with Crippen molar-refractivity contribution in [2.45, 2.75) is 76.3 Å². The number of likely N-dealkylation sites (tertiary alicyclic amines) is 1. The van der Waals surface area contributed by atoms with Gasteiger partial charge in [0.15, 0.2) is 0 Å². The van der Waals surface area contributed by atoms with Crippen molar-refractivity contribution in [3.63, 3.8) is 0 Å². The molecule has 0 atom stereocenters. The Labute approximate surface area is 565 Å². The molecule has 21 nitrogen and oxygen atoms in total. The van der Waals surface area contributed by atoms with Crippen LogP contribution in [-0.2, 0) is 35.2 Å². The number of carbonyl (C=O) groups is 2. The fourth-order valence-electron chi connectivity index (χ4n) is 10.9. The van der Waals surface area contributed by atoms with Gasteiger partial charge in [-0.25, -0.2) is 0 Å². The molecule has 4 aliphatic heterocycles. The number of alkyl halides is 6. The fourth-order valence-corrected chi connectivity index (χ4v) is 10.9. The number of nitro benzene ring substituents is 2. The van der Waals surface area contributed by atoms with Gasteiger partial charge in [0.25, 0.3) is 0 Å². The van der Waals surface area contributed by atoms with E-state index in [1.807, 2.05) is 53.4 Å². The van der Waals surface area contributed by atoms with E-state index < -0.39 is 39.3 Å². The number of piperazine rings is 2. The second-order valence-corrected chi connectivity index (χ2v) is 22.5. The quantitative estimate of drug-likeness (QED) is 0.0446. The fraction of sp³-hybridized carbons (Fsp3) is 0.424. The number of piperidine rings is 2. The number of nitrogens with two attached hydrogens (primary N) is 1. The number of methoxy groups -OCH3 is 2. The van der Waals surface area contributed by atoms with Gasteiger partial charge in [-0.05, 0) is 102 Å². The number of hydrogen-bond acceptors (Lipinski definition) is 17. The molecule has 6 aromatic carbocycles. The molecule has 4 fully saturated rings. The summed E-state index contributed by atoms with van der Waals surface area (Å²) in [6.07, 6.45) is -4.71. The maximum absolute atomic E-state index is 12.9. The minimum Gasteiger partial charge on any atom is -1.00 e. The van der Waals surface area contributed by atoms with Gasteiger partial charge in [-0.3, -0.25) is 34.8 Å². The summed E-state index contributed by atoms with van der Waals surface area (Å²) in [7, 11) is 2.80. The first-order valence-electron chi connectivity index (χ1n) is 30.6. The first-order valence-corrected chi connectivity index (χ1v) is 30.6. The summed E-state index contributed by atoms with van der Waals surface area (Å²) in [6.45, 7) is 11.4. The minimum absolute atomic E-state index is 0. The van der Waals surface area contributed by atoms with E-state index >= 15 is 0 Å². The number of carboxylic acids is 1. The summed E-state index contributed by atoms with van der Waals surface area (Å²) in [6, 6.07) is 34.2. The summed E-state index contributed by atoms with van der Waals surface area (Å²) in [4.78, 5) is 55.2. The molecule has 4 aliphatic rings. The average molecular weight is 1350 g/mol. The molecule has 4 saturated heterocycles. The van der Waals surface area contributed by atoms with Crippen LogP contribution in [0.1, 0.15) is 60.8 Å². The molecule has 1 amide bonds. The molecule has 2 N–H and O–H groups in total. The van der Waals surface area contributed by atoms with Gasteiger partial charge in [-0.2, -0.15) is 26.3 Å². The SMILES string of the molecule is COc1cc(OC2CCN(C(=O)CCN3CCN(c4ccc(OCc5ccc(C(F)(F)F)cc5)cc4)CC3)CC2)ccc1[N+](=O)[O-].COc1cc(OC2CC[NH2+]CC2)ccc1[N+](=O)[O-].O=C([O-])CCN1CCN(c2ccc(OCc3ccc(C(F)(F)F)cc3)cc2)CC1.[Cl-].[Li+]. The molecule has 0 aromatic heterocycles. The van der Waals surface area contributed by atoms with Gasteiger partial charge in [0.2, 0.25) is 17.4 Å². The number of halogens is 7. The number of rotatable bonds is 22. The zero-order valence-corrected chi connectivity index (χ0v) is 53.8. The van der Waals surface area contributed by atoms with Crippen molar-refractivity contribution in [1.82, 2.24) is 14.7 Å². The van der Waals surface area contributed by atoms with Gasteiger partial charge < -0.3 is 70.7 Å². The van der Waals surface area contributed by atoms with Gasteiger partial charge in [-0.1, -0.05) is 24.3 Å². The Hall–Kier alpha value is -8.19. The van der Waals surface area contributed by atoms with Crippen LogP contribution in [0.25, 0.3) is 0 Å². The van der Waals surface area contributed by atoms with E-state index in [9.17, 15) is 61.3 Å². The summed E-state index contributed by atoms with van der Waals surface area (Å²) < 4.78 is 109. The van der Waals surface area contributed by atoms with E-state index in [4.69, 9.17) is 28.4 Å². The maximum atomic E-state index is 12.9. The molecule has 0 bridgehead atoms. The standard InChI is InChI=1S/C33H37F3N4O6.C21H23F3N2O3.C12H16N2O4.ClH.Li/c1-44-31-22-29(10-11-30(31)40(42)43)46-28-12-16-39(17-13-28)32(41)14-15-37-18-20-38(21-19-37)26-6-8-27(9-7-26)45-23-24-2-4-25(5-3-24)33(34,35)36;22-21(23,24)17-3-1-16(2-4-17)15-29-19-7-5-18(6-8-19)26-13-11-25(12-14-26)10-9-20(27)28;1-17-12-8-10(2-3-11(12)14(15)16)18-9-4-6-13-7-5-9;;/h2-11,22,28H,12-21,23H2,1H3;1-8H,9-15H2,(H,27,28);2-3,8-9,13H,4-7H2,1H3;1H;/q;;;;+1/p-1. The van der Waals surface area contributed by atoms with Crippen molar-refractivity contribution in [2.24, 2.45) is 0 Å². The summed E-state index contributed by atoms with van der Waals surface area (Å²) in [5.41, 5.74) is 1.92. The van der Waals surface area contributed by atoms with Crippen LogP contribution in [0.2, 0.25) is 0 Å². The Balaban J connectivity index is 0.000000248. The van der Waals surface area contributed by atoms with Crippen LogP contribution in [0.5, 0.6) is 34.5 Å². The molecule has 29 heteroatoms. The summed E-state index contributed by atoms with van der Waals surface area (Å²) in [5.74, 6) is 1.90. The number of hydrogen-bond donors (Lipinski definition) is 1. The van der Waals surface area contributed by atoms with Crippen molar-refractivity contribution >= 4 is 34.6 Å². The number of nitro groups is 2. The topological polar surface area (TPSA) is 232 Å². The van der Waals surface area contributed by atoms with Crippen molar-refractivity contribution in [3.8, 4) is 34.5 Å². The molecule has 4 heterocycles. The number of anilines is 2. The molecule has 0 aliphatic carbocycles. The first kappa shape index (κ1) is 75.8. The van der Waals surface area contributed by atoms with Crippen molar-refractivity contribution in [1.29, 1.82) is 0 Å². The molecule has 0 spiro atoms. The van der Waals surface area contributed by atoms with Crippen molar-refractivity contribution in [3.05, 3.63) is 176 Å². The average Bonchev–Trinajstić information content (AvgIpc) is 1.35. The predicted molar refractivity (Wildman–Crippen MR) is 331 cm³/mol. The monoisotopic (exact) mass is 1340 g/mol. The van der Waals surface area contributed by atoms with Gasteiger partial charge in [0.1, 0.15) is 48.4 Å². The second-order valence-electron chi connectivity index (χ2n) is 22.5. The Morgan fingerprint density at radius 2 is 0.884 bits per heavy atom. The number of ether oxygens (including phenoxy) is 6. The normalized spacial score (nSPS) is 15.6. The van der Waals surface area contributed by atoms with Gasteiger partial charge in [0, 0.05) is 152 Å². The third-order valence-electron chi connectivity index (χ3n) is 16.3. The first-order chi connectivity index (χ1) is 44.6. The Morgan fingerprint density at radius 3 is 1.24 bits per heavy atom. The van der Waals surface area contributed by atoms with Crippen LogP contribution in [0.3, 0.4) is 0 Å². The molecular weight excluding hydrogens is 1270 g/mol. The van der Waals surface area contributed by atoms with Crippen LogP contribution < -0.4 is 79.9 Å². The minimum atomic E-state index is -4.36. The van der Waals surface area contributed by atoms with Gasteiger partial charge in [0.05, 0.1) is 48.3 Å². The van der Waals surface area contributed by atoms with Gasteiger partial charge in [-0.15, -0.1) is 0 Å². The Kier molecular flexibility index (Phi) is 29.2. The molecule has 6 aromatic rings. The maximum Gasteiger partial charge on any atom is 1.00 e. The third-order valence-corrected chi connectivity index (χ3v) is 16.3. The van der Waals surface area contributed by atoms with E-state index in [1.54, 1.807) is 18.2 Å². The van der Waals surface area contributed by atoms with Crippen molar-refractivity contribution in [2.75, 3.05) is 116 Å². The Bertz CT molecular complexity index is 3370. The number of aliphatic carboxylic acids is 1. The van der Waals surface area contributed by atoms with Crippen LogP contribution in [-0.4, -0.2) is 154 Å². The number of amides is 1. The zero-order chi connectivity index (χ0) is 66.5. The number of carbonyl (C=O) groups excluding carboxylic acids is 2. The van der Waals surface area contributed by atoms with E-state index in [-0.39, 0.29) is 91.9 Å². The second kappa shape index (κ2) is 36.6. The molecule has 0 radical (unpaired) electrons. The molecule has 508 valence electrons. The van der Waals surface area contributed by atoms with Crippen LogP contribution in [0, 0.1) is 20.2 Å². The largest absolute Gasteiger partial charge is 1.00 e. The van der Waals surface area contributed by atoms with E-state index in [0.29, 0.717) is 79.6 Å². The smallest absolute Gasteiger partial charge is 1.00 e. The van der Waals surface area contributed by atoms with E-state index in [1.165, 1.54) is 56.7 Å². The zero-order valence-electron chi connectivity index (χ0n) is 53.1. The van der Waals surface area contributed by atoms with Crippen LogP contribution in [0.4, 0.5) is 49.1 Å². The summed E-state index contributed by atoms with van der Waals surface area (Å²) >= 11 is 0. The number of carboxylic acid groups (broad SMARTS) is 1.